The second-order valence-electron chi connectivity index (χ2n) is 8.08. The smallest absolute Gasteiger partial charge is 0.306 e. The van der Waals surface area contributed by atoms with Crippen LogP contribution in [0.3, 0.4) is 0 Å². The lowest BCUT2D eigenvalue weighted by Gasteiger charge is -2.53. The summed E-state index contributed by atoms with van der Waals surface area (Å²) in [6.45, 7) is 14.9. The van der Waals surface area contributed by atoms with Gasteiger partial charge in [-0.3, -0.25) is 4.79 Å². The Balaban J connectivity index is 2.11. The average molecular weight is 300 g/mol. The van der Waals surface area contributed by atoms with Crippen LogP contribution in [-0.4, -0.2) is 12.1 Å². The number of rotatable bonds is 2. The monoisotopic (exact) mass is 300 g/mol. The highest BCUT2D eigenvalue weighted by molar-refractivity contribution is 5.70. The zero-order valence-corrected chi connectivity index (χ0v) is 14.2. The van der Waals surface area contributed by atoms with Gasteiger partial charge in [-0.25, -0.2) is 0 Å². The van der Waals surface area contributed by atoms with E-state index in [2.05, 4.69) is 40.0 Å². The van der Waals surface area contributed by atoms with Gasteiger partial charge in [-0.2, -0.15) is 0 Å². The number of carbonyl (C=O) groups excluding carboxylic acids is 1. The van der Waals surface area contributed by atoms with E-state index in [1.165, 1.54) is 11.1 Å². The zero-order chi connectivity index (χ0) is 16.1. The Kier molecular flexibility index (Phi) is 3.62. The highest BCUT2D eigenvalue weighted by Crippen LogP contribution is 2.59. The van der Waals surface area contributed by atoms with Crippen molar-refractivity contribution in [3.63, 3.8) is 0 Å². The summed E-state index contributed by atoms with van der Waals surface area (Å²) in [7, 11) is 0. The van der Waals surface area contributed by atoms with E-state index in [9.17, 15) is 4.79 Å². The molecule has 120 valence electrons. The number of carbonyl (C=O) groups is 1. The number of hydrogen-bond acceptors (Lipinski definition) is 2. The van der Waals surface area contributed by atoms with Crippen LogP contribution in [0.4, 0.5) is 0 Å². The van der Waals surface area contributed by atoms with E-state index >= 15 is 0 Å². The van der Waals surface area contributed by atoms with Gasteiger partial charge in [0.2, 0.25) is 0 Å². The van der Waals surface area contributed by atoms with Crippen LogP contribution in [0, 0.1) is 22.7 Å². The summed E-state index contributed by atoms with van der Waals surface area (Å²) in [6, 6.07) is 0. The van der Waals surface area contributed by atoms with Crippen LogP contribution < -0.4 is 0 Å². The second-order valence-corrected chi connectivity index (χ2v) is 8.08. The van der Waals surface area contributed by atoms with Gasteiger partial charge in [-0.05, 0) is 43.9 Å². The van der Waals surface area contributed by atoms with E-state index in [4.69, 9.17) is 4.74 Å². The third kappa shape index (κ3) is 2.28. The molecule has 0 bridgehead atoms. The first-order chi connectivity index (χ1) is 10.3. The second kappa shape index (κ2) is 5.11. The Morgan fingerprint density at radius 2 is 2.14 bits per heavy atom. The molecule has 3 aliphatic rings. The molecule has 0 spiro atoms. The molecule has 2 nitrogen and oxygen atoms in total. The van der Waals surface area contributed by atoms with Gasteiger partial charge in [0.1, 0.15) is 6.10 Å². The maximum absolute atomic E-state index is 12.2. The minimum absolute atomic E-state index is 0.00912. The van der Waals surface area contributed by atoms with Crippen LogP contribution >= 0.6 is 0 Å². The molecule has 0 radical (unpaired) electrons. The van der Waals surface area contributed by atoms with E-state index in [0.717, 1.165) is 25.7 Å². The van der Waals surface area contributed by atoms with E-state index < -0.39 is 0 Å². The molecule has 0 aromatic heterocycles. The fourth-order valence-corrected chi connectivity index (χ4v) is 5.29. The van der Waals surface area contributed by atoms with Gasteiger partial charge < -0.3 is 4.74 Å². The summed E-state index contributed by atoms with van der Waals surface area (Å²) in [5, 5.41) is 0. The summed E-state index contributed by atoms with van der Waals surface area (Å²) in [6.07, 6.45) is 8.94. The van der Waals surface area contributed by atoms with Crippen molar-refractivity contribution >= 4 is 5.97 Å². The molecule has 0 N–H and O–H groups in total. The van der Waals surface area contributed by atoms with Crippen LogP contribution in [0.5, 0.6) is 0 Å². The van der Waals surface area contributed by atoms with Crippen molar-refractivity contribution in [1.29, 1.82) is 0 Å². The van der Waals surface area contributed by atoms with Crippen molar-refractivity contribution in [3.05, 3.63) is 36.5 Å². The van der Waals surface area contributed by atoms with E-state index in [1.54, 1.807) is 0 Å². The van der Waals surface area contributed by atoms with Gasteiger partial charge in [0.25, 0.3) is 0 Å². The number of ether oxygens (including phenoxy) is 1. The first kappa shape index (κ1) is 15.6. The molecule has 5 unspecified atom stereocenters. The summed E-state index contributed by atoms with van der Waals surface area (Å²) in [5.41, 5.74) is 2.77. The first-order valence-corrected chi connectivity index (χ1v) is 8.49. The van der Waals surface area contributed by atoms with Gasteiger partial charge in [-0.15, -0.1) is 6.58 Å². The number of hydrogen-bond donors (Lipinski definition) is 0. The van der Waals surface area contributed by atoms with Crippen molar-refractivity contribution < 1.29 is 9.53 Å². The SMILES string of the molecule is C=CC1(C)C=C2CCC(C(=C)C)C3(C)CCC(=O)OC(C1)C23. The molecule has 1 aliphatic heterocycles. The predicted octanol–water partition coefficient (Wildman–Crippen LogP) is 4.82. The number of esters is 1. The van der Waals surface area contributed by atoms with Crippen LogP contribution in [0.15, 0.2) is 36.5 Å². The fourth-order valence-electron chi connectivity index (χ4n) is 5.29. The Labute approximate surface area is 134 Å². The molecular formula is C20H28O2. The minimum atomic E-state index is -0.0575. The molecule has 5 atom stereocenters. The average Bonchev–Trinajstić information content (AvgIpc) is 2.56. The molecule has 22 heavy (non-hydrogen) atoms. The lowest BCUT2D eigenvalue weighted by Crippen LogP contribution is -2.49. The predicted molar refractivity (Wildman–Crippen MR) is 89.3 cm³/mol. The maximum Gasteiger partial charge on any atom is 0.306 e. The maximum atomic E-state index is 12.2. The highest BCUT2D eigenvalue weighted by atomic mass is 16.5. The summed E-state index contributed by atoms with van der Waals surface area (Å²) < 4.78 is 5.88. The Morgan fingerprint density at radius 1 is 1.41 bits per heavy atom. The lowest BCUT2D eigenvalue weighted by atomic mass is 9.51. The molecule has 1 saturated heterocycles. The molecule has 2 fully saturated rings. The van der Waals surface area contributed by atoms with Crippen LogP contribution in [0.1, 0.15) is 52.9 Å². The van der Waals surface area contributed by atoms with Gasteiger partial charge >= 0.3 is 5.97 Å². The molecule has 2 heteroatoms. The molecule has 3 rings (SSSR count). The molecule has 0 amide bonds. The van der Waals surface area contributed by atoms with Gasteiger partial charge in [0.05, 0.1) is 0 Å². The molecular weight excluding hydrogens is 272 g/mol. The lowest BCUT2D eigenvalue weighted by molar-refractivity contribution is -0.152. The molecule has 0 aromatic rings. The largest absolute Gasteiger partial charge is 0.462 e. The summed E-state index contributed by atoms with van der Waals surface area (Å²) in [4.78, 5) is 12.2. The van der Waals surface area contributed by atoms with E-state index in [0.29, 0.717) is 18.3 Å². The quantitative estimate of drug-likeness (QED) is 0.539. The Morgan fingerprint density at radius 3 is 2.77 bits per heavy atom. The highest BCUT2D eigenvalue weighted by Gasteiger charge is 2.54. The standard InChI is InChI=1S/C20H28O2/c1-6-19(4)11-14-7-8-15(13(2)3)20(5)10-9-17(21)22-16(12-19)18(14)20/h6,11,15-16,18H,1-2,7-10,12H2,3-5H3. The van der Waals surface area contributed by atoms with Gasteiger partial charge in [0.15, 0.2) is 0 Å². The number of allylic oxidation sites excluding steroid dienone is 3. The first-order valence-electron chi connectivity index (χ1n) is 8.49. The molecule has 2 aliphatic carbocycles. The van der Waals surface area contributed by atoms with Crippen molar-refractivity contribution in [2.24, 2.45) is 22.7 Å². The third-order valence-corrected chi connectivity index (χ3v) is 6.37. The zero-order valence-electron chi connectivity index (χ0n) is 14.2. The van der Waals surface area contributed by atoms with Gasteiger partial charge in [-0.1, -0.05) is 43.7 Å². The van der Waals surface area contributed by atoms with Gasteiger partial charge in [0, 0.05) is 17.8 Å². The van der Waals surface area contributed by atoms with Crippen LogP contribution in [-0.2, 0) is 9.53 Å². The van der Waals surface area contributed by atoms with Crippen molar-refractivity contribution in [1.82, 2.24) is 0 Å². The van der Waals surface area contributed by atoms with Crippen molar-refractivity contribution in [2.45, 2.75) is 59.0 Å². The van der Waals surface area contributed by atoms with Crippen LogP contribution in [0.2, 0.25) is 0 Å². The van der Waals surface area contributed by atoms with Crippen LogP contribution in [0.25, 0.3) is 0 Å². The van der Waals surface area contributed by atoms with Crippen molar-refractivity contribution in [3.8, 4) is 0 Å². The van der Waals surface area contributed by atoms with Crippen molar-refractivity contribution in [2.75, 3.05) is 0 Å². The Hall–Kier alpha value is -1.31. The summed E-state index contributed by atoms with van der Waals surface area (Å²) >= 11 is 0. The normalized spacial score (nSPS) is 44.2. The van der Waals surface area contributed by atoms with E-state index in [-0.39, 0.29) is 22.9 Å². The topological polar surface area (TPSA) is 26.3 Å². The molecule has 1 heterocycles. The Bertz CT molecular complexity index is 558. The minimum Gasteiger partial charge on any atom is -0.462 e. The molecule has 1 saturated carbocycles. The molecule has 0 aromatic carbocycles. The fraction of sp³-hybridized carbons (Fsp3) is 0.650. The van der Waals surface area contributed by atoms with E-state index in [1.807, 2.05) is 6.08 Å². The third-order valence-electron chi connectivity index (χ3n) is 6.37. The summed E-state index contributed by atoms with van der Waals surface area (Å²) in [5.74, 6) is 0.802.